The summed E-state index contributed by atoms with van der Waals surface area (Å²) in [5.74, 6) is 1.80. The third kappa shape index (κ3) is 2.23. The van der Waals surface area contributed by atoms with E-state index in [0.717, 1.165) is 37.2 Å². The van der Waals surface area contributed by atoms with Crippen LogP contribution in [0, 0.1) is 0 Å². The van der Waals surface area contributed by atoms with E-state index in [1.54, 1.807) is 0 Å². The van der Waals surface area contributed by atoms with Gasteiger partial charge in [-0.25, -0.2) is 0 Å². The van der Waals surface area contributed by atoms with Gasteiger partial charge in [-0.1, -0.05) is 25.1 Å². The molecule has 0 aliphatic carbocycles. The Morgan fingerprint density at radius 3 is 3.16 bits per heavy atom. The van der Waals surface area contributed by atoms with Crippen LogP contribution in [-0.4, -0.2) is 16.7 Å². The molecule has 2 aromatic rings. The van der Waals surface area contributed by atoms with E-state index < -0.39 is 0 Å². The summed E-state index contributed by atoms with van der Waals surface area (Å²) < 4.78 is 5.45. The molecule has 1 atom stereocenters. The van der Waals surface area contributed by atoms with E-state index in [1.165, 1.54) is 11.3 Å². The molecule has 3 rings (SSSR count). The molecule has 4 nitrogen and oxygen atoms in total. The maximum atomic E-state index is 5.45. The number of benzene rings is 1. The van der Waals surface area contributed by atoms with E-state index in [1.807, 2.05) is 6.07 Å². The predicted octanol–water partition coefficient (Wildman–Crippen LogP) is 3.61. The Kier molecular flexibility index (Phi) is 3.23. The summed E-state index contributed by atoms with van der Waals surface area (Å²) in [7, 11) is 0. The largest absolute Gasteiger partial charge is 0.385 e. The Morgan fingerprint density at radius 2 is 2.32 bits per heavy atom. The van der Waals surface area contributed by atoms with E-state index >= 15 is 0 Å². The molecule has 0 saturated carbocycles. The lowest BCUT2D eigenvalue weighted by Crippen LogP contribution is -2.12. The molecule has 0 spiro atoms. The Hall–Kier alpha value is -1.84. The monoisotopic (exact) mass is 257 g/mol. The van der Waals surface area contributed by atoms with Gasteiger partial charge in [0, 0.05) is 23.7 Å². The second kappa shape index (κ2) is 5.03. The summed E-state index contributed by atoms with van der Waals surface area (Å²) in [4.78, 5) is 4.55. The highest BCUT2D eigenvalue weighted by molar-refractivity contribution is 5.69. The first-order valence-electron chi connectivity index (χ1n) is 6.99. The van der Waals surface area contributed by atoms with Crippen molar-refractivity contribution >= 4 is 5.69 Å². The van der Waals surface area contributed by atoms with Gasteiger partial charge in [0.2, 0.25) is 0 Å². The molecule has 0 fully saturated rings. The van der Waals surface area contributed by atoms with Gasteiger partial charge < -0.3 is 9.84 Å². The van der Waals surface area contributed by atoms with Gasteiger partial charge in [-0.15, -0.1) is 0 Å². The van der Waals surface area contributed by atoms with Crippen LogP contribution in [0.25, 0.3) is 11.5 Å². The van der Waals surface area contributed by atoms with E-state index in [0.29, 0.717) is 11.8 Å². The molecule has 1 aliphatic heterocycles. The van der Waals surface area contributed by atoms with Crippen LogP contribution in [-0.2, 0) is 6.42 Å². The maximum absolute atomic E-state index is 5.45. The summed E-state index contributed by atoms with van der Waals surface area (Å²) in [5, 5.41) is 7.53. The molecule has 19 heavy (non-hydrogen) atoms. The third-order valence-electron chi connectivity index (χ3n) is 3.82. The van der Waals surface area contributed by atoms with Gasteiger partial charge in [-0.2, -0.15) is 4.98 Å². The van der Waals surface area contributed by atoms with Gasteiger partial charge in [-0.3, -0.25) is 0 Å². The molecule has 1 unspecified atom stereocenters. The second-order valence-corrected chi connectivity index (χ2v) is 5.13. The third-order valence-corrected chi connectivity index (χ3v) is 3.82. The number of aromatic nitrogens is 2. The summed E-state index contributed by atoms with van der Waals surface area (Å²) in [6.07, 6.45) is 3.24. The minimum atomic E-state index is 0.343. The van der Waals surface area contributed by atoms with E-state index in [4.69, 9.17) is 4.52 Å². The summed E-state index contributed by atoms with van der Waals surface area (Å²) in [5.41, 5.74) is 3.58. The number of hydrogen-bond donors (Lipinski definition) is 1. The fourth-order valence-corrected chi connectivity index (χ4v) is 2.44. The molecular formula is C15H19N3O. The number of rotatable bonds is 3. The minimum absolute atomic E-state index is 0.343. The number of nitrogens with zero attached hydrogens (tertiary/aromatic N) is 2. The van der Waals surface area contributed by atoms with Crippen LogP contribution in [0.3, 0.4) is 0 Å². The lowest BCUT2D eigenvalue weighted by molar-refractivity contribution is 0.416. The van der Waals surface area contributed by atoms with Gasteiger partial charge >= 0.3 is 0 Å². The normalized spacial score (nSPS) is 15.7. The van der Waals surface area contributed by atoms with Crippen molar-refractivity contribution in [3.8, 4) is 11.5 Å². The van der Waals surface area contributed by atoms with Crippen molar-refractivity contribution in [3.63, 3.8) is 0 Å². The number of anilines is 1. The van der Waals surface area contributed by atoms with Crippen LogP contribution in [0.1, 0.15) is 44.0 Å². The van der Waals surface area contributed by atoms with Crippen LogP contribution in [0.15, 0.2) is 22.7 Å². The highest BCUT2D eigenvalue weighted by Gasteiger charge is 2.19. The Labute approximate surface area is 113 Å². The predicted molar refractivity (Wildman–Crippen MR) is 75.3 cm³/mol. The van der Waals surface area contributed by atoms with E-state index in [2.05, 4.69) is 41.4 Å². The molecule has 1 aliphatic rings. The number of hydrogen-bond acceptors (Lipinski definition) is 4. The zero-order valence-corrected chi connectivity index (χ0v) is 11.4. The van der Waals surface area contributed by atoms with Crippen LogP contribution in [0.4, 0.5) is 5.69 Å². The van der Waals surface area contributed by atoms with Crippen molar-refractivity contribution in [2.45, 2.75) is 39.0 Å². The lowest BCUT2D eigenvalue weighted by atomic mass is 9.97. The van der Waals surface area contributed by atoms with Crippen molar-refractivity contribution in [3.05, 3.63) is 29.6 Å². The second-order valence-electron chi connectivity index (χ2n) is 5.13. The average Bonchev–Trinajstić information content (AvgIpc) is 2.95. The molecule has 0 radical (unpaired) electrons. The van der Waals surface area contributed by atoms with Crippen LogP contribution < -0.4 is 5.32 Å². The molecule has 2 heterocycles. The first kappa shape index (κ1) is 12.2. The van der Waals surface area contributed by atoms with Crippen molar-refractivity contribution in [1.29, 1.82) is 0 Å². The van der Waals surface area contributed by atoms with Gasteiger partial charge in [0.15, 0.2) is 5.82 Å². The Morgan fingerprint density at radius 1 is 1.42 bits per heavy atom. The minimum Gasteiger partial charge on any atom is -0.385 e. The molecule has 0 amide bonds. The highest BCUT2D eigenvalue weighted by atomic mass is 16.5. The number of nitrogens with one attached hydrogen (secondary N) is 1. The van der Waals surface area contributed by atoms with Crippen molar-refractivity contribution < 1.29 is 4.52 Å². The van der Waals surface area contributed by atoms with Crippen molar-refractivity contribution in [1.82, 2.24) is 10.1 Å². The smallest absolute Gasteiger partial charge is 0.258 e. The lowest BCUT2D eigenvalue weighted by Gasteiger charge is -2.19. The maximum Gasteiger partial charge on any atom is 0.258 e. The molecule has 1 aromatic heterocycles. The van der Waals surface area contributed by atoms with Crippen LogP contribution >= 0.6 is 0 Å². The molecule has 0 saturated heterocycles. The molecule has 4 heteroatoms. The zero-order chi connectivity index (χ0) is 13.2. The topological polar surface area (TPSA) is 51.0 Å². The fraction of sp³-hybridized carbons (Fsp3) is 0.467. The van der Waals surface area contributed by atoms with Crippen molar-refractivity contribution in [2.75, 3.05) is 11.9 Å². The van der Waals surface area contributed by atoms with Crippen LogP contribution in [0.5, 0.6) is 0 Å². The summed E-state index contributed by atoms with van der Waals surface area (Å²) >= 11 is 0. The van der Waals surface area contributed by atoms with Gasteiger partial charge in [-0.05, 0) is 37.0 Å². The molecule has 1 N–H and O–H groups in total. The summed E-state index contributed by atoms with van der Waals surface area (Å²) in [6.45, 7) is 5.30. The first-order valence-corrected chi connectivity index (χ1v) is 6.99. The standard InChI is InChI=1S/C15H19N3O/c1-3-10(2)14-17-15(19-18-14)12-6-4-8-13-11(12)7-5-9-16-13/h4,6,8,10,16H,3,5,7,9H2,1-2H3. The molecular weight excluding hydrogens is 238 g/mol. The van der Waals surface area contributed by atoms with Crippen LogP contribution in [0.2, 0.25) is 0 Å². The fourth-order valence-electron chi connectivity index (χ4n) is 2.44. The Bertz CT molecular complexity index is 577. The quantitative estimate of drug-likeness (QED) is 0.912. The SMILES string of the molecule is CCC(C)c1noc(-c2cccc3c2CCCN3)n1. The number of fused-ring (bicyclic) bond motifs is 1. The Balaban J connectivity index is 2.00. The molecule has 100 valence electrons. The van der Waals surface area contributed by atoms with Gasteiger partial charge in [0.05, 0.1) is 0 Å². The average molecular weight is 257 g/mol. The van der Waals surface area contributed by atoms with Gasteiger partial charge in [0.25, 0.3) is 5.89 Å². The van der Waals surface area contributed by atoms with E-state index in [9.17, 15) is 0 Å². The molecule has 0 bridgehead atoms. The van der Waals surface area contributed by atoms with E-state index in [-0.39, 0.29) is 0 Å². The van der Waals surface area contributed by atoms with Gasteiger partial charge in [0.1, 0.15) is 0 Å². The summed E-state index contributed by atoms with van der Waals surface area (Å²) in [6, 6.07) is 6.23. The molecule has 1 aromatic carbocycles. The highest BCUT2D eigenvalue weighted by Crippen LogP contribution is 2.32. The first-order chi connectivity index (χ1) is 9.29. The zero-order valence-electron chi connectivity index (χ0n) is 11.4. The van der Waals surface area contributed by atoms with Crippen molar-refractivity contribution in [2.24, 2.45) is 0 Å².